The van der Waals surface area contributed by atoms with Gasteiger partial charge in [-0.25, -0.2) is 4.98 Å². The van der Waals surface area contributed by atoms with Crippen molar-refractivity contribution in [2.75, 3.05) is 6.54 Å². The molecule has 0 saturated carbocycles. The minimum Gasteiger partial charge on any atom is -0.323 e. The van der Waals surface area contributed by atoms with E-state index in [1.54, 1.807) is 0 Å². The Balaban J connectivity index is 1.63. The Labute approximate surface area is 145 Å². The van der Waals surface area contributed by atoms with E-state index in [0.29, 0.717) is 0 Å². The predicted octanol–water partition coefficient (Wildman–Crippen LogP) is 4.32. The van der Waals surface area contributed by atoms with Gasteiger partial charge in [-0.2, -0.15) is 0 Å². The molecule has 0 radical (unpaired) electrons. The molecule has 1 N–H and O–H groups in total. The van der Waals surface area contributed by atoms with Crippen LogP contribution in [0.2, 0.25) is 0 Å². The molecular weight excluding hydrogens is 350 g/mol. The van der Waals surface area contributed by atoms with E-state index in [2.05, 4.69) is 68.8 Å². The summed E-state index contributed by atoms with van der Waals surface area (Å²) in [5.41, 5.74) is 3.54. The first-order valence-electron chi connectivity index (χ1n) is 7.78. The van der Waals surface area contributed by atoms with Crippen molar-refractivity contribution in [1.82, 2.24) is 14.9 Å². The number of fused-ring (bicyclic) bond motifs is 1. The Hall–Kier alpha value is -1.91. The van der Waals surface area contributed by atoms with E-state index in [4.69, 9.17) is 4.98 Å². The van der Waals surface area contributed by atoms with Crippen LogP contribution in [0.25, 0.3) is 11.0 Å². The van der Waals surface area contributed by atoms with E-state index in [1.165, 1.54) is 5.56 Å². The fourth-order valence-electron chi connectivity index (χ4n) is 2.68. The second-order valence-electron chi connectivity index (χ2n) is 5.47. The molecule has 0 aliphatic carbocycles. The van der Waals surface area contributed by atoms with E-state index >= 15 is 0 Å². The SMILES string of the molecule is C=CCn1c(CNCCc2ccc(Br)cc2)nc2ccccc21. The molecule has 0 aliphatic rings. The molecule has 118 valence electrons. The zero-order valence-corrected chi connectivity index (χ0v) is 14.6. The fraction of sp³-hybridized carbons (Fsp3) is 0.211. The molecule has 1 aromatic heterocycles. The Morgan fingerprint density at radius 1 is 1.13 bits per heavy atom. The molecule has 23 heavy (non-hydrogen) atoms. The summed E-state index contributed by atoms with van der Waals surface area (Å²) in [6.45, 7) is 6.33. The van der Waals surface area contributed by atoms with Gasteiger partial charge in [-0.3, -0.25) is 0 Å². The number of nitrogens with zero attached hydrogens (tertiary/aromatic N) is 2. The molecule has 0 spiro atoms. The van der Waals surface area contributed by atoms with Gasteiger partial charge in [0, 0.05) is 11.0 Å². The summed E-state index contributed by atoms with van der Waals surface area (Å²) in [5, 5.41) is 3.50. The van der Waals surface area contributed by atoms with Crippen LogP contribution in [0.5, 0.6) is 0 Å². The largest absolute Gasteiger partial charge is 0.323 e. The van der Waals surface area contributed by atoms with Crippen LogP contribution in [0, 0.1) is 0 Å². The summed E-state index contributed by atoms with van der Waals surface area (Å²) in [6, 6.07) is 16.7. The first-order chi connectivity index (χ1) is 11.3. The van der Waals surface area contributed by atoms with E-state index in [-0.39, 0.29) is 0 Å². The number of hydrogen-bond acceptors (Lipinski definition) is 2. The molecule has 1 heterocycles. The predicted molar refractivity (Wildman–Crippen MR) is 99.5 cm³/mol. The highest BCUT2D eigenvalue weighted by Crippen LogP contribution is 2.16. The Kier molecular flexibility index (Phi) is 5.26. The zero-order chi connectivity index (χ0) is 16.1. The molecule has 0 unspecified atom stereocenters. The molecule has 4 heteroatoms. The van der Waals surface area contributed by atoms with Crippen molar-refractivity contribution in [3.63, 3.8) is 0 Å². The monoisotopic (exact) mass is 369 g/mol. The van der Waals surface area contributed by atoms with E-state index < -0.39 is 0 Å². The lowest BCUT2D eigenvalue weighted by Crippen LogP contribution is -2.19. The second-order valence-corrected chi connectivity index (χ2v) is 6.38. The minimum absolute atomic E-state index is 0.763. The molecule has 2 aromatic carbocycles. The van der Waals surface area contributed by atoms with Crippen LogP contribution in [0.1, 0.15) is 11.4 Å². The third kappa shape index (κ3) is 3.89. The van der Waals surface area contributed by atoms with Crippen LogP contribution < -0.4 is 5.32 Å². The quantitative estimate of drug-likeness (QED) is 0.496. The summed E-state index contributed by atoms with van der Waals surface area (Å²) >= 11 is 3.46. The number of imidazole rings is 1. The average molecular weight is 370 g/mol. The van der Waals surface area contributed by atoms with Gasteiger partial charge in [-0.1, -0.05) is 46.3 Å². The lowest BCUT2D eigenvalue weighted by molar-refractivity contribution is 0.631. The van der Waals surface area contributed by atoms with Crippen molar-refractivity contribution in [1.29, 1.82) is 0 Å². The number of hydrogen-bond donors (Lipinski definition) is 1. The standard InChI is InChI=1S/C19H20BrN3/c1-2-13-23-18-6-4-3-5-17(18)22-19(23)14-21-12-11-15-7-9-16(20)10-8-15/h2-10,21H,1,11-14H2. The van der Waals surface area contributed by atoms with Gasteiger partial charge in [0.1, 0.15) is 5.82 Å². The van der Waals surface area contributed by atoms with Crippen molar-refractivity contribution in [3.05, 3.63) is 77.0 Å². The Morgan fingerprint density at radius 3 is 2.70 bits per heavy atom. The fourth-order valence-corrected chi connectivity index (χ4v) is 2.94. The zero-order valence-electron chi connectivity index (χ0n) is 13.0. The first-order valence-corrected chi connectivity index (χ1v) is 8.57. The highest BCUT2D eigenvalue weighted by atomic mass is 79.9. The summed E-state index contributed by atoms with van der Waals surface area (Å²) in [6.07, 6.45) is 2.93. The number of rotatable bonds is 7. The minimum atomic E-state index is 0.763. The van der Waals surface area contributed by atoms with Crippen molar-refractivity contribution in [2.45, 2.75) is 19.5 Å². The number of aromatic nitrogens is 2. The molecule has 0 fully saturated rings. The summed E-state index contributed by atoms with van der Waals surface area (Å²) in [4.78, 5) is 4.73. The summed E-state index contributed by atoms with van der Waals surface area (Å²) < 4.78 is 3.34. The normalized spacial score (nSPS) is 11.0. The molecule has 0 saturated heterocycles. The van der Waals surface area contributed by atoms with Crippen LogP contribution in [-0.4, -0.2) is 16.1 Å². The van der Waals surface area contributed by atoms with Crippen LogP contribution in [0.4, 0.5) is 0 Å². The van der Waals surface area contributed by atoms with Gasteiger partial charge in [-0.05, 0) is 42.8 Å². The van der Waals surface area contributed by atoms with Gasteiger partial charge >= 0.3 is 0 Å². The second kappa shape index (κ2) is 7.57. The van der Waals surface area contributed by atoms with Gasteiger partial charge in [0.25, 0.3) is 0 Å². The van der Waals surface area contributed by atoms with Crippen LogP contribution in [-0.2, 0) is 19.5 Å². The first kappa shape index (κ1) is 16.0. The Bertz CT molecular complexity index is 790. The smallest absolute Gasteiger partial charge is 0.124 e. The van der Waals surface area contributed by atoms with Crippen LogP contribution in [0.15, 0.2) is 65.7 Å². The van der Waals surface area contributed by atoms with Crippen molar-refractivity contribution in [3.8, 4) is 0 Å². The topological polar surface area (TPSA) is 29.9 Å². The third-order valence-corrected chi connectivity index (χ3v) is 4.36. The Morgan fingerprint density at radius 2 is 1.91 bits per heavy atom. The number of benzene rings is 2. The summed E-state index contributed by atoms with van der Waals surface area (Å²) in [5.74, 6) is 1.06. The van der Waals surface area contributed by atoms with Crippen LogP contribution in [0.3, 0.4) is 0 Å². The molecule has 3 nitrogen and oxygen atoms in total. The van der Waals surface area contributed by atoms with E-state index in [9.17, 15) is 0 Å². The van der Waals surface area contributed by atoms with Gasteiger partial charge in [0.2, 0.25) is 0 Å². The maximum atomic E-state index is 4.73. The molecule has 0 bridgehead atoms. The maximum absolute atomic E-state index is 4.73. The molecule has 0 atom stereocenters. The van der Waals surface area contributed by atoms with Gasteiger partial charge in [0.15, 0.2) is 0 Å². The molecule has 3 aromatic rings. The van der Waals surface area contributed by atoms with Crippen molar-refractivity contribution >= 4 is 27.0 Å². The summed E-state index contributed by atoms with van der Waals surface area (Å²) in [7, 11) is 0. The molecular formula is C19H20BrN3. The number of para-hydroxylation sites is 2. The molecule has 3 rings (SSSR count). The number of halogens is 1. The lowest BCUT2D eigenvalue weighted by atomic mass is 10.1. The van der Waals surface area contributed by atoms with Crippen LogP contribution >= 0.6 is 15.9 Å². The third-order valence-electron chi connectivity index (χ3n) is 3.83. The highest BCUT2D eigenvalue weighted by molar-refractivity contribution is 9.10. The van der Waals surface area contributed by atoms with E-state index in [0.717, 1.165) is 47.4 Å². The van der Waals surface area contributed by atoms with Crippen molar-refractivity contribution in [2.24, 2.45) is 0 Å². The average Bonchev–Trinajstić information content (AvgIpc) is 2.92. The lowest BCUT2D eigenvalue weighted by Gasteiger charge is -2.08. The molecule has 0 aliphatic heterocycles. The highest BCUT2D eigenvalue weighted by Gasteiger charge is 2.08. The van der Waals surface area contributed by atoms with Gasteiger partial charge < -0.3 is 9.88 Å². The number of nitrogens with one attached hydrogen (secondary N) is 1. The maximum Gasteiger partial charge on any atom is 0.124 e. The number of allylic oxidation sites excluding steroid dienone is 1. The molecule has 0 amide bonds. The van der Waals surface area contributed by atoms with Gasteiger partial charge in [0.05, 0.1) is 17.6 Å². The van der Waals surface area contributed by atoms with Crippen molar-refractivity contribution < 1.29 is 0 Å². The van der Waals surface area contributed by atoms with E-state index in [1.807, 2.05) is 18.2 Å². The van der Waals surface area contributed by atoms with Gasteiger partial charge in [-0.15, -0.1) is 6.58 Å².